The molecule has 0 bridgehead atoms. The van der Waals surface area contributed by atoms with Crippen molar-refractivity contribution in [3.63, 3.8) is 0 Å². The molecule has 6 heteroatoms. The molecule has 3 heterocycles. The molecule has 0 amide bonds. The molecule has 0 aliphatic carbocycles. The normalized spacial score (nSPS) is 14.8. The van der Waals surface area contributed by atoms with Gasteiger partial charge in [0.1, 0.15) is 10.5 Å². The predicted octanol–water partition coefficient (Wildman–Crippen LogP) is 2.09. The first-order valence-corrected chi connectivity index (χ1v) is 8.19. The van der Waals surface area contributed by atoms with Crippen molar-refractivity contribution >= 4 is 27.2 Å². The van der Waals surface area contributed by atoms with Crippen LogP contribution in [-0.2, 0) is 13.1 Å². The van der Waals surface area contributed by atoms with Gasteiger partial charge in [-0.05, 0) is 23.1 Å². The van der Waals surface area contributed by atoms with Crippen molar-refractivity contribution in [1.82, 2.24) is 15.3 Å². The third-order valence-corrected chi connectivity index (χ3v) is 4.81. The van der Waals surface area contributed by atoms with E-state index in [9.17, 15) is 4.79 Å². The summed E-state index contributed by atoms with van der Waals surface area (Å²) in [6, 6.07) is 10.3. The number of nitrogens with one attached hydrogen (secondary N) is 2. The van der Waals surface area contributed by atoms with Gasteiger partial charge in [0.25, 0.3) is 5.56 Å². The molecule has 112 valence electrons. The second-order valence-corrected chi connectivity index (χ2v) is 6.29. The number of H-pyrrole nitrogens is 1. The highest BCUT2D eigenvalue weighted by Gasteiger charge is 2.16. The molecule has 4 rings (SSSR count). The van der Waals surface area contributed by atoms with E-state index in [1.807, 2.05) is 11.4 Å². The maximum Gasteiger partial charge on any atom is 0.268 e. The molecule has 2 aromatic heterocycles. The van der Waals surface area contributed by atoms with Crippen molar-refractivity contribution in [1.29, 1.82) is 0 Å². The molecule has 5 nitrogen and oxygen atoms in total. The number of benzene rings is 1. The number of aromatic amines is 1. The Morgan fingerprint density at radius 2 is 2.18 bits per heavy atom. The predicted molar refractivity (Wildman–Crippen MR) is 89.4 cm³/mol. The third-order valence-electron chi connectivity index (χ3n) is 3.91. The molecular weight excluding hydrogens is 296 g/mol. The lowest BCUT2D eigenvalue weighted by Crippen LogP contribution is -2.29. The third kappa shape index (κ3) is 2.40. The Bertz CT molecular complexity index is 870. The average molecular weight is 312 g/mol. The number of anilines is 1. The molecule has 0 atom stereocenters. The van der Waals surface area contributed by atoms with Gasteiger partial charge in [-0.2, -0.15) is 0 Å². The number of hydrogen-bond donors (Lipinski definition) is 2. The molecule has 0 saturated carbocycles. The standard InChI is InChI=1S/C16H16N4OS/c21-16-15-12(5-8-22-15)18-14(19-16)10-20-7-6-17-9-11-3-1-2-4-13(11)20/h1-5,8,17H,6-7,9-10H2,(H,18,19,21). The number of thiophene rings is 1. The van der Waals surface area contributed by atoms with E-state index in [4.69, 9.17) is 0 Å². The smallest absolute Gasteiger partial charge is 0.268 e. The van der Waals surface area contributed by atoms with Crippen LogP contribution in [0.25, 0.3) is 10.2 Å². The second kappa shape index (κ2) is 5.55. The molecule has 0 unspecified atom stereocenters. The van der Waals surface area contributed by atoms with Gasteiger partial charge in [-0.1, -0.05) is 18.2 Å². The lowest BCUT2D eigenvalue weighted by Gasteiger charge is -2.23. The van der Waals surface area contributed by atoms with Crippen LogP contribution < -0.4 is 15.8 Å². The van der Waals surface area contributed by atoms with Crippen LogP contribution in [-0.4, -0.2) is 23.1 Å². The molecule has 0 fully saturated rings. The van der Waals surface area contributed by atoms with Crippen molar-refractivity contribution in [2.45, 2.75) is 13.1 Å². The van der Waals surface area contributed by atoms with Crippen LogP contribution in [0.4, 0.5) is 5.69 Å². The van der Waals surface area contributed by atoms with Gasteiger partial charge in [0.15, 0.2) is 0 Å². The monoisotopic (exact) mass is 312 g/mol. The van der Waals surface area contributed by atoms with Crippen LogP contribution in [0, 0.1) is 0 Å². The van der Waals surface area contributed by atoms with Gasteiger partial charge in [0, 0.05) is 25.3 Å². The van der Waals surface area contributed by atoms with Crippen LogP contribution in [0.1, 0.15) is 11.4 Å². The summed E-state index contributed by atoms with van der Waals surface area (Å²) in [7, 11) is 0. The Morgan fingerprint density at radius 1 is 1.27 bits per heavy atom. The summed E-state index contributed by atoms with van der Waals surface area (Å²) in [5.41, 5.74) is 3.22. The van der Waals surface area contributed by atoms with E-state index in [1.165, 1.54) is 22.6 Å². The van der Waals surface area contributed by atoms with E-state index < -0.39 is 0 Å². The summed E-state index contributed by atoms with van der Waals surface area (Å²) >= 11 is 1.43. The lowest BCUT2D eigenvalue weighted by atomic mass is 10.1. The minimum atomic E-state index is -0.0452. The van der Waals surface area contributed by atoms with E-state index in [0.717, 1.165) is 25.2 Å². The zero-order valence-corrected chi connectivity index (χ0v) is 12.8. The fourth-order valence-electron chi connectivity index (χ4n) is 2.87. The molecule has 2 N–H and O–H groups in total. The van der Waals surface area contributed by atoms with Gasteiger partial charge in [-0.15, -0.1) is 11.3 Å². The number of hydrogen-bond acceptors (Lipinski definition) is 5. The van der Waals surface area contributed by atoms with Gasteiger partial charge >= 0.3 is 0 Å². The van der Waals surface area contributed by atoms with E-state index >= 15 is 0 Å². The maximum atomic E-state index is 12.1. The number of para-hydroxylation sites is 1. The zero-order chi connectivity index (χ0) is 14.9. The zero-order valence-electron chi connectivity index (χ0n) is 12.0. The van der Waals surface area contributed by atoms with Gasteiger partial charge in [0.05, 0.1) is 12.1 Å². The number of fused-ring (bicyclic) bond motifs is 2. The van der Waals surface area contributed by atoms with Gasteiger partial charge in [-0.3, -0.25) is 4.79 Å². The van der Waals surface area contributed by atoms with Crippen LogP contribution in [0.3, 0.4) is 0 Å². The fraction of sp³-hybridized carbons (Fsp3) is 0.250. The highest BCUT2D eigenvalue weighted by molar-refractivity contribution is 7.17. The van der Waals surface area contributed by atoms with Gasteiger partial charge in [0.2, 0.25) is 0 Å². The van der Waals surface area contributed by atoms with Crippen molar-refractivity contribution in [3.05, 3.63) is 57.5 Å². The highest BCUT2D eigenvalue weighted by atomic mass is 32.1. The summed E-state index contributed by atoms with van der Waals surface area (Å²) in [5, 5.41) is 5.33. The Morgan fingerprint density at radius 3 is 3.14 bits per heavy atom. The van der Waals surface area contributed by atoms with E-state index in [-0.39, 0.29) is 5.56 Å². The summed E-state index contributed by atoms with van der Waals surface area (Å²) in [5.74, 6) is 0.715. The minimum absolute atomic E-state index is 0.0452. The molecule has 1 aliphatic rings. The first-order chi connectivity index (χ1) is 10.8. The summed E-state index contributed by atoms with van der Waals surface area (Å²) < 4.78 is 0.696. The summed E-state index contributed by atoms with van der Waals surface area (Å²) in [6.45, 7) is 3.29. The Kier molecular flexibility index (Phi) is 3.40. The molecular formula is C16H16N4OS. The summed E-state index contributed by atoms with van der Waals surface area (Å²) in [4.78, 5) is 21.9. The van der Waals surface area contributed by atoms with E-state index in [1.54, 1.807) is 0 Å². The number of nitrogens with zero attached hydrogens (tertiary/aromatic N) is 2. The average Bonchev–Trinajstić information content (AvgIpc) is 2.91. The minimum Gasteiger partial charge on any atom is -0.363 e. The fourth-order valence-corrected chi connectivity index (χ4v) is 3.59. The van der Waals surface area contributed by atoms with Crippen molar-refractivity contribution in [2.24, 2.45) is 0 Å². The molecule has 22 heavy (non-hydrogen) atoms. The second-order valence-electron chi connectivity index (χ2n) is 5.37. The Hall–Kier alpha value is -2.18. The molecule has 3 aromatic rings. The Labute approximate surface area is 131 Å². The molecule has 1 aliphatic heterocycles. The van der Waals surface area contributed by atoms with Crippen LogP contribution in [0.15, 0.2) is 40.5 Å². The first kappa shape index (κ1) is 13.5. The molecule has 1 aromatic carbocycles. The van der Waals surface area contributed by atoms with Crippen LogP contribution in [0.5, 0.6) is 0 Å². The molecule has 0 spiro atoms. The molecule has 0 radical (unpaired) electrons. The topological polar surface area (TPSA) is 61.0 Å². The lowest BCUT2D eigenvalue weighted by molar-refractivity contribution is 0.680. The highest BCUT2D eigenvalue weighted by Crippen LogP contribution is 2.23. The first-order valence-electron chi connectivity index (χ1n) is 7.31. The summed E-state index contributed by atoms with van der Waals surface area (Å²) in [6.07, 6.45) is 0. The maximum absolute atomic E-state index is 12.1. The largest absolute Gasteiger partial charge is 0.363 e. The number of rotatable bonds is 2. The van der Waals surface area contributed by atoms with Gasteiger partial charge in [-0.25, -0.2) is 4.98 Å². The quantitative estimate of drug-likeness (QED) is 0.761. The SMILES string of the molecule is O=c1[nH]c(CN2CCNCc3ccccc32)nc2ccsc12. The van der Waals surface area contributed by atoms with Crippen LogP contribution in [0.2, 0.25) is 0 Å². The number of aromatic nitrogens is 2. The van der Waals surface area contributed by atoms with E-state index in [0.29, 0.717) is 17.1 Å². The van der Waals surface area contributed by atoms with Crippen LogP contribution >= 0.6 is 11.3 Å². The van der Waals surface area contributed by atoms with Crippen molar-refractivity contribution < 1.29 is 0 Å². The molecule has 0 saturated heterocycles. The van der Waals surface area contributed by atoms with Crippen molar-refractivity contribution in [2.75, 3.05) is 18.0 Å². The van der Waals surface area contributed by atoms with E-state index in [2.05, 4.69) is 44.5 Å². The van der Waals surface area contributed by atoms with Crippen molar-refractivity contribution in [3.8, 4) is 0 Å². The van der Waals surface area contributed by atoms with Gasteiger partial charge < -0.3 is 15.2 Å². The Balaban J connectivity index is 1.71.